The standard InChI is InChI=1S/C19H18N2O4S2/c1-21(15-8-4-3-5-9-15)27(23,24)17-11-12-26-18(17)19(22)20-14-7-6-10-16(13-14)25-2/h3-13H,1-2H3,(H,20,22). The Morgan fingerprint density at radius 2 is 1.81 bits per heavy atom. The maximum absolute atomic E-state index is 13.0. The third-order valence-corrected chi connectivity index (χ3v) is 6.79. The zero-order valence-electron chi connectivity index (χ0n) is 14.7. The number of rotatable bonds is 6. The van der Waals surface area contributed by atoms with Crippen molar-refractivity contribution in [2.24, 2.45) is 0 Å². The van der Waals surface area contributed by atoms with Gasteiger partial charge < -0.3 is 10.1 Å². The Bertz CT molecular complexity index is 1050. The highest BCUT2D eigenvalue weighted by Crippen LogP contribution is 2.29. The summed E-state index contributed by atoms with van der Waals surface area (Å²) in [7, 11) is -0.875. The van der Waals surface area contributed by atoms with Gasteiger partial charge in [0.05, 0.1) is 12.8 Å². The zero-order chi connectivity index (χ0) is 19.4. The number of hydrogen-bond donors (Lipinski definition) is 1. The van der Waals surface area contributed by atoms with E-state index in [9.17, 15) is 13.2 Å². The minimum absolute atomic E-state index is 0.0285. The molecule has 0 saturated carbocycles. The number of nitrogens with one attached hydrogen (secondary N) is 1. The molecule has 0 aliphatic rings. The Morgan fingerprint density at radius 1 is 1.07 bits per heavy atom. The summed E-state index contributed by atoms with van der Waals surface area (Å²) in [6, 6.07) is 17.0. The number of amides is 1. The summed E-state index contributed by atoms with van der Waals surface area (Å²) in [5.74, 6) is 0.105. The number of anilines is 2. The van der Waals surface area contributed by atoms with Gasteiger partial charge in [-0.05, 0) is 35.7 Å². The van der Waals surface area contributed by atoms with Crippen LogP contribution in [0.1, 0.15) is 9.67 Å². The van der Waals surface area contributed by atoms with Gasteiger partial charge in [0.15, 0.2) is 0 Å². The highest BCUT2D eigenvalue weighted by molar-refractivity contribution is 7.93. The molecule has 1 amide bonds. The van der Waals surface area contributed by atoms with Gasteiger partial charge in [-0.2, -0.15) is 0 Å². The third kappa shape index (κ3) is 3.96. The number of benzene rings is 2. The Balaban J connectivity index is 1.89. The van der Waals surface area contributed by atoms with E-state index in [-0.39, 0.29) is 9.77 Å². The maximum atomic E-state index is 13.0. The third-order valence-electron chi connectivity index (χ3n) is 3.92. The zero-order valence-corrected chi connectivity index (χ0v) is 16.4. The number of ether oxygens (including phenoxy) is 1. The molecule has 0 saturated heterocycles. The molecule has 1 aromatic heterocycles. The van der Waals surface area contributed by atoms with Crippen LogP contribution >= 0.6 is 11.3 Å². The molecule has 1 N–H and O–H groups in total. The number of carbonyl (C=O) groups excluding carboxylic acids is 1. The maximum Gasteiger partial charge on any atom is 0.267 e. The Hall–Kier alpha value is -2.84. The molecule has 3 aromatic rings. The highest BCUT2D eigenvalue weighted by Gasteiger charge is 2.28. The smallest absolute Gasteiger partial charge is 0.267 e. The molecule has 1 heterocycles. The molecule has 2 aromatic carbocycles. The lowest BCUT2D eigenvalue weighted by molar-refractivity contribution is 0.102. The van der Waals surface area contributed by atoms with Crippen molar-refractivity contribution in [3.05, 3.63) is 70.9 Å². The van der Waals surface area contributed by atoms with Crippen LogP contribution in [0, 0.1) is 0 Å². The fourth-order valence-electron chi connectivity index (χ4n) is 2.48. The van der Waals surface area contributed by atoms with E-state index in [2.05, 4.69) is 5.32 Å². The highest BCUT2D eigenvalue weighted by atomic mass is 32.2. The molecule has 0 unspecified atom stereocenters. The summed E-state index contributed by atoms with van der Waals surface area (Å²) in [5.41, 5.74) is 1.04. The fraction of sp³-hybridized carbons (Fsp3) is 0.105. The lowest BCUT2D eigenvalue weighted by Gasteiger charge is -2.19. The molecule has 3 rings (SSSR count). The lowest BCUT2D eigenvalue weighted by Crippen LogP contribution is -2.28. The van der Waals surface area contributed by atoms with E-state index in [4.69, 9.17) is 4.74 Å². The molecule has 140 valence electrons. The molecule has 0 atom stereocenters. The molecule has 0 fully saturated rings. The number of nitrogens with zero attached hydrogens (tertiary/aromatic N) is 1. The van der Waals surface area contributed by atoms with Gasteiger partial charge in [0, 0.05) is 18.8 Å². The fourth-order valence-corrected chi connectivity index (χ4v) is 4.97. The molecule has 0 bridgehead atoms. The molecule has 0 radical (unpaired) electrons. The Labute approximate surface area is 162 Å². The summed E-state index contributed by atoms with van der Waals surface area (Å²) in [6.45, 7) is 0. The van der Waals surface area contributed by atoms with Crippen molar-refractivity contribution in [1.82, 2.24) is 0 Å². The molecular formula is C19H18N2O4S2. The van der Waals surface area contributed by atoms with Crippen LogP contribution in [0.5, 0.6) is 5.75 Å². The first-order valence-corrected chi connectivity index (χ1v) is 10.3. The number of methoxy groups -OCH3 is 1. The summed E-state index contributed by atoms with van der Waals surface area (Å²) < 4.78 is 32.3. The largest absolute Gasteiger partial charge is 0.497 e. The van der Waals surface area contributed by atoms with Crippen LogP contribution in [0.4, 0.5) is 11.4 Å². The van der Waals surface area contributed by atoms with Gasteiger partial charge in [0.2, 0.25) is 0 Å². The SMILES string of the molecule is COc1cccc(NC(=O)c2sccc2S(=O)(=O)N(C)c2ccccc2)c1. The van der Waals surface area contributed by atoms with Crippen LogP contribution in [0.2, 0.25) is 0 Å². The van der Waals surface area contributed by atoms with Gasteiger partial charge in [0.25, 0.3) is 15.9 Å². The van der Waals surface area contributed by atoms with Gasteiger partial charge >= 0.3 is 0 Å². The normalized spacial score (nSPS) is 11.0. The van der Waals surface area contributed by atoms with Crippen LogP contribution < -0.4 is 14.4 Å². The van der Waals surface area contributed by atoms with Crippen molar-refractivity contribution in [2.75, 3.05) is 23.8 Å². The number of sulfonamides is 1. The van der Waals surface area contributed by atoms with Gasteiger partial charge in [-0.3, -0.25) is 9.10 Å². The monoisotopic (exact) mass is 402 g/mol. The quantitative estimate of drug-likeness (QED) is 0.680. The first kappa shape index (κ1) is 18.9. The second-order valence-corrected chi connectivity index (χ2v) is 8.46. The van der Waals surface area contributed by atoms with Crippen molar-refractivity contribution >= 4 is 38.6 Å². The molecule has 27 heavy (non-hydrogen) atoms. The van der Waals surface area contributed by atoms with E-state index in [0.717, 1.165) is 15.6 Å². The lowest BCUT2D eigenvalue weighted by atomic mass is 10.3. The van der Waals surface area contributed by atoms with Crippen LogP contribution in [0.25, 0.3) is 0 Å². The predicted octanol–water partition coefficient (Wildman–Crippen LogP) is 3.83. The average Bonchev–Trinajstić information content (AvgIpc) is 3.19. The molecule has 0 aliphatic heterocycles. The minimum atomic E-state index is -3.87. The van der Waals surface area contributed by atoms with E-state index in [0.29, 0.717) is 17.1 Å². The molecule has 0 spiro atoms. The number of thiophene rings is 1. The summed E-state index contributed by atoms with van der Waals surface area (Å²) in [6.07, 6.45) is 0. The summed E-state index contributed by atoms with van der Waals surface area (Å²) in [5, 5.41) is 4.31. The van der Waals surface area contributed by atoms with E-state index in [1.807, 2.05) is 6.07 Å². The Morgan fingerprint density at radius 3 is 2.52 bits per heavy atom. The topological polar surface area (TPSA) is 75.7 Å². The van der Waals surface area contributed by atoms with Crippen LogP contribution in [-0.2, 0) is 10.0 Å². The minimum Gasteiger partial charge on any atom is -0.497 e. The van der Waals surface area contributed by atoms with Crippen LogP contribution in [-0.4, -0.2) is 28.5 Å². The van der Waals surface area contributed by atoms with Gasteiger partial charge in [-0.1, -0.05) is 24.3 Å². The van der Waals surface area contributed by atoms with E-state index in [1.54, 1.807) is 53.9 Å². The van der Waals surface area contributed by atoms with E-state index < -0.39 is 15.9 Å². The van der Waals surface area contributed by atoms with Crippen molar-refractivity contribution in [1.29, 1.82) is 0 Å². The van der Waals surface area contributed by atoms with Gasteiger partial charge in [-0.15, -0.1) is 11.3 Å². The van der Waals surface area contributed by atoms with Crippen molar-refractivity contribution in [3.8, 4) is 5.75 Å². The first-order valence-electron chi connectivity index (χ1n) is 8.00. The number of carbonyl (C=O) groups is 1. The van der Waals surface area contributed by atoms with Crippen molar-refractivity contribution in [3.63, 3.8) is 0 Å². The second-order valence-electron chi connectivity index (χ2n) is 5.61. The molecule has 8 heteroatoms. The summed E-state index contributed by atoms with van der Waals surface area (Å²) in [4.78, 5) is 12.8. The Kier molecular flexibility index (Phi) is 5.48. The average molecular weight is 402 g/mol. The summed E-state index contributed by atoms with van der Waals surface area (Å²) >= 11 is 1.08. The van der Waals surface area contributed by atoms with Crippen LogP contribution in [0.3, 0.4) is 0 Å². The number of para-hydroxylation sites is 1. The van der Waals surface area contributed by atoms with Crippen molar-refractivity contribution in [2.45, 2.75) is 4.90 Å². The van der Waals surface area contributed by atoms with E-state index >= 15 is 0 Å². The second kappa shape index (κ2) is 7.81. The van der Waals surface area contributed by atoms with Gasteiger partial charge in [0.1, 0.15) is 15.5 Å². The molecule has 0 aliphatic carbocycles. The van der Waals surface area contributed by atoms with Crippen molar-refractivity contribution < 1.29 is 17.9 Å². The number of hydrogen-bond acceptors (Lipinski definition) is 5. The van der Waals surface area contributed by atoms with E-state index in [1.165, 1.54) is 20.2 Å². The molecular weight excluding hydrogens is 384 g/mol. The predicted molar refractivity (Wildman–Crippen MR) is 107 cm³/mol. The first-order chi connectivity index (χ1) is 12.9. The molecule has 6 nitrogen and oxygen atoms in total. The van der Waals surface area contributed by atoms with Gasteiger partial charge in [-0.25, -0.2) is 8.42 Å². The van der Waals surface area contributed by atoms with Crippen LogP contribution in [0.15, 0.2) is 70.9 Å².